The fraction of sp³-hybridized carbons (Fsp3) is 0.308. The highest BCUT2D eigenvalue weighted by molar-refractivity contribution is 5.92. The van der Waals surface area contributed by atoms with Gasteiger partial charge in [-0.2, -0.15) is 0 Å². The molecule has 2 heteroatoms. The van der Waals surface area contributed by atoms with Gasteiger partial charge in [-0.1, -0.05) is 43.8 Å². The van der Waals surface area contributed by atoms with E-state index < -0.39 is 0 Å². The first kappa shape index (κ1) is 9.97. The van der Waals surface area contributed by atoms with Gasteiger partial charge in [0.1, 0.15) is 6.10 Å². The number of carbonyl (C=O) groups excluding carboxylic acids is 1. The van der Waals surface area contributed by atoms with Gasteiger partial charge >= 0.3 is 5.97 Å². The molecule has 0 unspecified atom stereocenters. The first-order chi connectivity index (χ1) is 7.24. The smallest absolute Gasteiger partial charge is 0.334 e. The molecule has 2 rings (SSSR count). The number of cyclic esters (lactones) is 1. The van der Waals surface area contributed by atoms with Crippen LogP contribution in [0.15, 0.2) is 42.5 Å². The lowest BCUT2D eigenvalue weighted by Crippen LogP contribution is -2.13. The van der Waals surface area contributed by atoms with Crippen molar-refractivity contribution >= 4 is 5.97 Å². The lowest BCUT2D eigenvalue weighted by atomic mass is 9.88. The Labute approximate surface area is 89.6 Å². The topological polar surface area (TPSA) is 26.3 Å². The molecule has 1 aromatic carbocycles. The van der Waals surface area contributed by atoms with E-state index in [9.17, 15) is 4.79 Å². The molecule has 1 aromatic rings. The molecule has 2 nitrogen and oxygen atoms in total. The Morgan fingerprint density at radius 1 is 1.33 bits per heavy atom. The van der Waals surface area contributed by atoms with Crippen LogP contribution in [-0.2, 0) is 9.53 Å². The molecule has 0 amide bonds. The van der Waals surface area contributed by atoms with Crippen LogP contribution in [0.3, 0.4) is 0 Å². The molecule has 0 spiro atoms. The number of esters is 1. The molecule has 15 heavy (non-hydrogen) atoms. The normalized spacial score (nSPS) is 25.4. The molecular weight excluding hydrogens is 188 g/mol. The Hall–Kier alpha value is -1.57. The summed E-state index contributed by atoms with van der Waals surface area (Å²) in [7, 11) is 0. The van der Waals surface area contributed by atoms with Gasteiger partial charge in [0.2, 0.25) is 0 Å². The highest BCUT2D eigenvalue weighted by Crippen LogP contribution is 2.36. The van der Waals surface area contributed by atoms with Crippen molar-refractivity contribution in [1.29, 1.82) is 0 Å². The minimum absolute atomic E-state index is 0.0312. The van der Waals surface area contributed by atoms with E-state index in [0.717, 1.165) is 12.0 Å². The molecular formula is C13H14O2. The van der Waals surface area contributed by atoms with Crippen LogP contribution in [0.25, 0.3) is 0 Å². The molecule has 0 N–H and O–H groups in total. The quantitative estimate of drug-likeness (QED) is 0.544. The maximum absolute atomic E-state index is 11.4. The molecule has 1 fully saturated rings. The molecule has 2 atom stereocenters. The third-order valence-electron chi connectivity index (χ3n) is 2.83. The first-order valence-electron chi connectivity index (χ1n) is 5.18. The van der Waals surface area contributed by atoms with Crippen molar-refractivity contribution in [3.8, 4) is 0 Å². The minimum Gasteiger partial charge on any atom is -0.458 e. The van der Waals surface area contributed by atoms with E-state index in [4.69, 9.17) is 4.74 Å². The summed E-state index contributed by atoms with van der Waals surface area (Å²) in [4.78, 5) is 11.4. The van der Waals surface area contributed by atoms with Gasteiger partial charge < -0.3 is 4.74 Å². The first-order valence-corrected chi connectivity index (χ1v) is 5.18. The standard InChI is InChI=1S/C13H14O2/c1-3-11-12(9(2)13(14)15-11)10-7-5-4-6-8-10/h4-8,11-12H,2-3H2,1H3/t11-,12+/m1/s1. The van der Waals surface area contributed by atoms with Crippen molar-refractivity contribution in [3.63, 3.8) is 0 Å². The Balaban J connectivity index is 2.35. The second kappa shape index (κ2) is 3.89. The van der Waals surface area contributed by atoms with E-state index >= 15 is 0 Å². The summed E-state index contributed by atoms with van der Waals surface area (Å²) in [6, 6.07) is 9.93. The molecule has 0 aromatic heterocycles. The van der Waals surface area contributed by atoms with E-state index in [2.05, 4.69) is 6.58 Å². The van der Waals surface area contributed by atoms with Crippen molar-refractivity contribution in [1.82, 2.24) is 0 Å². The summed E-state index contributed by atoms with van der Waals surface area (Å²) in [6.07, 6.45) is 0.775. The molecule has 78 valence electrons. The van der Waals surface area contributed by atoms with Crippen LogP contribution in [0.5, 0.6) is 0 Å². The third kappa shape index (κ3) is 1.67. The average Bonchev–Trinajstić information content (AvgIpc) is 2.56. The van der Waals surface area contributed by atoms with Crippen molar-refractivity contribution in [2.75, 3.05) is 0 Å². The highest BCUT2D eigenvalue weighted by Gasteiger charge is 2.38. The van der Waals surface area contributed by atoms with Gasteiger partial charge in [-0.3, -0.25) is 0 Å². The molecule has 1 heterocycles. The van der Waals surface area contributed by atoms with Gasteiger partial charge in [-0.15, -0.1) is 0 Å². The molecule has 1 aliphatic heterocycles. The Morgan fingerprint density at radius 2 is 2.00 bits per heavy atom. The number of ether oxygens (including phenoxy) is 1. The largest absolute Gasteiger partial charge is 0.458 e. The number of hydrogen-bond acceptors (Lipinski definition) is 2. The Bertz CT molecular complexity index is 381. The molecule has 0 bridgehead atoms. The predicted octanol–water partition coefficient (Wildman–Crippen LogP) is 2.66. The minimum atomic E-state index is -0.254. The van der Waals surface area contributed by atoms with E-state index in [1.165, 1.54) is 0 Å². The van der Waals surface area contributed by atoms with Crippen LogP contribution in [-0.4, -0.2) is 12.1 Å². The van der Waals surface area contributed by atoms with E-state index in [0.29, 0.717) is 5.57 Å². The third-order valence-corrected chi connectivity index (χ3v) is 2.83. The Morgan fingerprint density at radius 3 is 2.60 bits per heavy atom. The van der Waals surface area contributed by atoms with Gasteiger partial charge in [-0.05, 0) is 12.0 Å². The van der Waals surface area contributed by atoms with Gasteiger partial charge in [0.25, 0.3) is 0 Å². The Kier molecular flexibility index (Phi) is 2.58. The zero-order valence-electron chi connectivity index (χ0n) is 8.77. The fourth-order valence-electron chi connectivity index (χ4n) is 2.03. The summed E-state index contributed by atoms with van der Waals surface area (Å²) in [6.45, 7) is 5.84. The maximum Gasteiger partial charge on any atom is 0.334 e. The van der Waals surface area contributed by atoms with E-state index in [1.807, 2.05) is 37.3 Å². The van der Waals surface area contributed by atoms with Crippen molar-refractivity contribution in [2.45, 2.75) is 25.4 Å². The predicted molar refractivity (Wildman–Crippen MR) is 58.5 cm³/mol. The number of rotatable bonds is 2. The van der Waals surface area contributed by atoms with Gasteiger partial charge in [0, 0.05) is 5.57 Å². The van der Waals surface area contributed by atoms with Crippen LogP contribution in [0.2, 0.25) is 0 Å². The molecule has 1 aliphatic rings. The SMILES string of the molecule is C=C1C(=O)O[C@H](CC)[C@@H]1c1ccccc1. The van der Waals surface area contributed by atoms with Gasteiger partial charge in [0.15, 0.2) is 0 Å². The number of benzene rings is 1. The summed E-state index contributed by atoms with van der Waals surface area (Å²) in [5.41, 5.74) is 1.69. The summed E-state index contributed by atoms with van der Waals surface area (Å²) in [5, 5.41) is 0. The average molecular weight is 202 g/mol. The lowest BCUT2D eigenvalue weighted by molar-refractivity contribution is -0.139. The van der Waals surface area contributed by atoms with Crippen LogP contribution in [0.1, 0.15) is 24.8 Å². The number of carbonyl (C=O) groups is 1. The monoisotopic (exact) mass is 202 g/mol. The summed E-state index contributed by atoms with van der Waals surface area (Å²) >= 11 is 0. The number of hydrogen-bond donors (Lipinski definition) is 0. The molecule has 0 aliphatic carbocycles. The zero-order valence-corrected chi connectivity index (χ0v) is 8.77. The van der Waals surface area contributed by atoms with E-state index in [-0.39, 0.29) is 18.0 Å². The maximum atomic E-state index is 11.4. The second-order valence-electron chi connectivity index (χ2n) is 3.77. The lowest BCUT2D eigenvalue weighted by Gasteiger charge is -2.15. The molecule has 0 radical (unpaired) electrons. The van der Waals surface area contributed by atoms with Crippen molar-refractivity contribution < 1.29 is 9.53 Å². The second-order valence-corrected chi connectivity index (χ2v) is 3.77. The van der Waals surface area contributed by atoms with Crippen LogP contribution in [0.4, 0.5) is 0 Å². The summed E-state index contributed by atoms with van der Waals surface area (Å²) < 4.78 is 5.25. The van der Waals surface area contributed by atoms with Gasteiger partial charge in [-0.25, -0.2) is 4.79 Å². The highest BCUT2D eigenvalue weighted by atomic mass is 16.6. The van der Waals surface area contributed by atoms with Crippen LogP contribution < -0.4 is 0 Å². The van der Waals surface area contributed by atoms with Gasteiger partial charge in [0.05, 0.1) is 5.92 Å². The van der Waals surface area contributed by atoms with Crippen molar-refractivity contribution in [3.05, 3.63) is 48.0 Å². The van der Waals surface area contributed by atoms with E-state index in [1.54, 1.807) is 0 Å². The molecule has 0 saturated carbocycles. The zero-order chi connectivity index (χ0) is 10.8. The van der Waals surface area contributed by atoms with Crippen LogP contribution >= 0.6 is 0 Å². The molecule has 1 saturated heterocycles. The van der Waals surface area contributed by atoms with Crippen LogP contribution in [0, 0.1) is 0 Å². The summed E-state index contributed by atoms with van der Waals surface area (Å²) in [5.74, 6) is -0.223. The fourth-order valence-corrected chi connectivity index (χ4v) is 2.03. The van der Waals surface area contributed by atoms with Crippen molar-refractivity contribution in [2.24, 2.45) is 0 Å².